The Kier molecular flexibility index (Phi) is 5.49. The van der Waals surface area contributed by atoms with E-state index >= 15 is 0 Å². The molecular weight excluding hydrogens is 300 g/mol. The lowest BCUT2D eigenvalue weighted by molar-refractivity contribution is -0.126. The minimum absolute atomic E-state index is 0.116. The summed E-state index contributed by atoms with van der Waals surface area (Å²) in [5, 5.41) is 6.43. The molecule has 0 aliphatic carbocycles. The summed E-state index contributed by atoms with van der Waals surface area (Å²) in [6.45, 7) is 3.58. The van der Waals surface area contributed by atoms with Crippen LogP contribution in [0.15, 0.2) is 54.6 Å². The largest absolute Gasteiger partial charge is 0.457 e. The molecule has 0 bridgehead atoms. The SMILES string of the molecule is C[C@H]1C[C@@H](C(=O)NCc2cccc(Oc3ccccc3)c2)CCN1. The number of para-hydroxylation sites is 1. The van der Waals surface area contributed by atoms with Crippen molar-refractivity contribution in [1.29, 1.82) is 0 Å². The predicted molar refractivity (Wildman–Crippen MR) is 95.0 cm³/mol. The van der Waals surface area contributed by atoms with Gasteiger partial charge < -0.3 is 15.4 Å². The molecule has 0 radical (unpaired) electrons. The van der Waals surface area contributed by atoms with Gasteiger partial charge in [0.2, 0.25) is 5.91 Å². The summed E-state index contributed by atoms with van der Waals surface area (Å²) >= 11 is 0. The monoisotopic (exact) mass is 324 g/mol. The summed E-state index contributed by atoms with van der Waals surface area (Å²) < 4.78 is 5.84. The van der Waals surface area contributed by atoms with Gasteiger partial charge in [-0.3, -0.25) is 4.79 Å². The van der Waals surface area contributed by atoms with Crippen molar-refractivity contribution in [1.82, 2.24) is 10.6 Å². The molecule has 0 unspecified atom stereocenters. The van der Waals surface area contributed by atoms with Crippen molar-refractivity contribution in [2.24, 2.45) is 5.92 Å². The van der Waals surface area contributed by atoms with Gasteiger partial charge >= 0.3 is 0 Å². The fourth-order valence-electron chi connectivity index (χ4n) is 3.05. The molecule has 126 valence electrons. The molecule has 1 fully saturated rings. The zero-order valence-electron chi connectivity index (χ0n) is 14.0. The van der Waals surface area contributed by atoms with Gasteiger partial charge in [-0.25, -0.2) is 0 Å². The summed E-state index contributed by atoms with van der Waals surface area (Å²) in [5.74, 6) is 1.86. The van der Waals surface area contributed by atoms with Crippen molar-refractivity contribution in [3.8, 4) is 11.5 Å². The van der Waals surface area contributed by atoms with E-state index < -0.39 is 0 Å². The fourth-order valence-corrected chi connectivity index (χ4v) is 3.05. The average Bonchev–Trinajstić information content (AvgIpc) is 2.61. The number of rotatable bonds is 5. The molecule has 0 aromatic heterocycles. The Hall–Kier alpha value is -2.33. The first kappa shape index (κ1) is 16.5. The molecule has 24 heavy (non-hydrogen) atoms. The zero-order valence-corrected chi connectivity index (χ0v) is 14.0. The average molecular weight is 324 g/mol. The number of carbonyl (C=O) groups is 1. The van der Waals surface area contributed by atoms with Crippen LogP contribution in [-0.4, -0.2) is 18.5 Å². The van der Waals surface area contributed by atoms with E-state index in [2.05, 4.69) is 17.6 Å². The van der Waals surface area contributed by atoms with Crippen LogP contribution in [0.5, 0.6) is 11.5 Å². The Morgan fingerprint density at radius 1 is 1.17 bits per heavy atom. The van der Waals surface area contributed by atoms with E-state index in [-0.39, 0.29) is 11.8 Å². The fraction of sp³-hybridized carbons (Fsp3) is 0.350. The second-order valence-corrected chi connectivity index (χ2v) is 6.36. The van der Waals surface area contributed by atoms with Gasteiger partial charge in [0.1, 0.15) is 11.5 Å². The first-order valence-electron chi connectivity index (χ1n) is 8.53. The van der Waals surface area contributed by atoms with Crippen LogP contribution < -0.4 is 15.4 Å². The maximum Gasteiger partial charge on any atom is 0.223 e. The molecule has 0 spiro atoms. The van der Waals surface area contributed by atoms with Crippen LogP contribution in [0.1, 0.15) is 25.3 Å². The lowest BCUT2D eigenvalue weighted by atomic mass is 9.92. The minimum atomic E-state index is 0.116. The van der Waals surface area contributed by atoms with Crippen LogP contribution in [0.4, 0.5) is 0 Å². The number of carbonyl (C=O) groups excluding carboxylic acids is 1. The normalized spacial score (nSPS) is 20.4. The first-order valence-corrected chi connectivity index (χ1v) is 8.53. The quantitative estimate of drug-likeness (QED) is 0.885. The molecule has 1 saturated heterocycles. The number of ether oxygens (including phenoxy) is 1. The number of nitrogens with one attached hydrogen (secondary N) is 2. The van der Waals surface area contributed by atoms with E-state index in [9.17, 15) is 4.79 Å². The molecular formula is C20H24N2O2. The lowest BCUT2D eigenvalue weighted by Crippen LogP contribution is -2.42. The smallest absolute Gasteiger partial charge is 0.223 e. The predicted octanol–water partition coefficient (Wildman–Crippen LogP) is 3.48. The molecule has 1 heterocycles. The molecule has 3 rings (SSSR count). The summed E-state index contributed by atoms with van der Waals surface area (Å²) in [7, 11) is 0. The molecule has 2 aromatic rings. The molecule has 4 heteroatoms. The molecule has 4 nitrogen and oxygen atoms in total. The van der Waals surface area contributed by atoms with Crippen molar-refractivity contribution < 1.29 is 9.53 Å². The number of amides is 1. The van der Waals surface area contributed by atoms with Gasteiger partial charge in [0.25, 0.3) is 0 Å². The highest BCUT2D eigenvalue weighted by Crippen LogP contribution is 2.22. The summed E-state index contributed by atoms with van der Waals surface area (Å²) in [6.07, 6.45) is 1.82. The van der Waals surface area contributed by atoms with Crippen molar-refractivity contribution in [2.75, 3.05) is 6.54 Å². The molecule has 1 aliphatic rings. The van der Waals surface area contributed by atoms with Crippen molar-refractivity contribution in [3.05, 3.63) is 60.2 Å². The number of hydrogen-bond acceptors (Lipinski definition) is 3. The van der Waals surface area contributed by atoms with E-state index in [4.69, 9.17) is 4.74 Å². The maximum absolute atomic E-state index is 12.3. The second kappa shape index (κ2) is 7.97. The van der Waals surface area contributed by atoms with Crippen molar-refractivity contribution in [2.45, 2.75) is 32.4 Å². The van der Waals surface area contributed by atoms with Gasteiger partial charge in [0.15, 0.2) is 0 Å². The number of piperidine rings is 1. The first-order chi connectivity index (χ1) is 11.7. The zero-order chi connectivity index (χ0) is 16.8. The van der Waals surface area contributed by atoms with Gasteiger partial charge in [-0.15, -0.1) is 0 Å². The van der Waals surface area contributed by atoms with Gasteiger partial charge in [0, 0.05) is 18.5 Å². The van der Waals surface area contributed by atoms with Gasteiger partial charge in [0.05, 0.1) is 0 Å². The summed E-state index contributed by atoms with van der Waals surface area (Å²) in [4.78, 5) is 12.3. The summed E-state index contributed by atoms with van der Waals surface area (Å²) in [6, 6.07) is 18.0. The third kappa shape index (κ3) is 4.59. The highest BCUT2D eigenvalue weighted by molar-refractivity contribution is 5.78. The van der Waals surface area contributed by atoms with Crippen molar-refractivity contribution in [3.63, 3.8) is 0 Å². The maximum atomic E-state index is 12.3. The molecule has 1 aliphatic heterocycles. The van der Waals surface area contributed by atoms with Crippen LogP contribution in [0.2, 0.25) is 0 Å². The number of hydrogen-bond donors (Lipinski definition) is 2. The third-order valence-corrected chi connectivity index (χ3v) is 4.34. The number of benzene rings is 2. The minimum Gasteiger partial charge on any atom is -0.457 e. The summed E-state index contributed by atoms with van der Waals surface area (Å²) in [5.41, 5.74) is 1.04. The van der Waals surface area contributed by atoms with E-state index in [0.29, 0.717) is 12.6 Å². The molecule has 0 saturated carbocycles. The van der Waals surface area contributed by atoms with Crippen LogP contribution in [-0.2, 0) is 11.3 Å². The Labute approximate surface area is 143 Å². The standard InChI is InChI=1S/C20H24N2O2/c1-15-12-17(10-11-21-15)20(23)22-14-16-6-5-9-19(13-16)24-18-7-3-2-4-8-18/h2-9,13,15,17,21H,10-12,14H2,1H3,(H,22,23)/t15-,17-/m0/s1. The molecule has 2 atom stereocenters. The molecule has 2 N–H and O–H groups in total. The van der Waals surface area contributed by atoms with E-state index in [1.165, 1.54) is 0 Å². The molecule has 1 amide bonds. The Morgan fingerprint density at radius 2 is 1.96 bits per heavy atom. The Balaban J connectivity index is 1.55. The van der Waals surface area contributed by atoms with Crippen LogP contribution >= 0.6 is 0 Å². The highest BCUT2D eigenvalue weighted by Gasteiger charge is 2.24. The van der Waals surface area contributed by atoms with Crippen LogP contribution in [0, 0.1) is 5.92 Å². The second-order valence-electron chi connectivity index (χ2n) is 6.36. The van der Waals surface area contributed by atoms with Crippen LogP contribution in [0.3, 0.4) is 0 Å². The Morgan fingerprint density at radius 3 is 2.75 bits per heavy atom. The van der Waals surface area contributed by atoms with E-state index in [1.807, 2.05) is 54.6 Å². The topological polar surface area (TPSA) is 50.4 Å². The molecule has 2 aromatic carbocycles. The van der Waals surface area contributed by atoms with Gasteiger partial charge in [-0.1, -0.05) is 30.3 Å². The van der Waals surface area contributed by atoms with Crippen molar-refractivity contribution >= 4 is 5.91 Å². The van der Waals surface area contributed by atoms with Gasteiger partial charge in [-0.2, -0.15) is 0 Å². The van der Waals surface area contributed by atoms with E-state index in [1.54, 1.807) is 0 Å². The third-order valence-electron chi connectivity index (χ3n) is 4.34. The van der Waals surface area contributed by atoms with Crippen LogP contribution in [0.25, 0.3) is 0 Å². The lowest BCUT2D eigenvalue weighted by Gasteiger charge is -2.27. The van der Waals surface area contributed by atoms with Gasteiger partial charge in [-0.05, 0) is 56.1 Å². The Bertz CT molecular complexity index is 672. The highest BCUT2D eigenvalue weighted by atomic mass is 16.5. The van der Waals surface area contributed by atoms with E-state index in [0.717, 1.165) is 36.4 Å².